The lowest BCUT2D eigenvalue weighted by Crippen LogP contribution is -2.52. The van der Waals surface area contributed by atoms with Crippen LogP contribution in [0.5, 0.6) is 0 Å². The minimum atomic E-state index is -0.769. The molecule has 0 saturated carbocycles. The molecule has 1 unspecified atom stereocenters. The molecule has 0 aromatic rings. The highest BCUT2D eigenvalue weighted by molar-refractivity contribution is 5.88. The zero-order valence-electron chi connectivity index (χ0n) is 14.3. The molecule has 2 atom stereocenters. The van der Waals surface area contributed by atoms with Crippen LogP contribution in [0.3, 0.4) is 0 Å². The largest absolute Gasteiger partial charge is 0.465 e. The quantitative estimate of drug-likeness (QED) is 0.696. The van der Waals surface area contributed by atoms with E-state index in [1.54, 1.807) is 27.7 Å². The van der Waals surface area contributed by atoms with E-state index < -0.39 is 29.6 Å². The van der Waals surface area contributed by atoms with Crippen LogP contribution in [0.2, 0.25) is 0 Å². The molecule has 7 heteroatoms. The normalized spacial score (nSPS) is 13.7. The van der Waals surface area contributed by atoms with E-state index in [1.165, 1.54) is 0 Å². The SMILES string of the molecule is CCOC(=O)CNC(=O)[C@@H](NC(=O)OC(C)(C)C)C(C)CC. The van der Waals surface area contributed by atoms with E-state index in [9.17, 15) is 14.4 Å². The van der Waals surface area contributed by atoms with Crippen molar-refractivity contribution < 1.29 is 23.9 Å². The molecule has 128 valence electrons. The van der Waals surface area contributed by atoms with Gasteiger partial charge in [-0.25, -0.2) is 4.79 Å². The number of carbonyl (C=O) groups is 3. The summed E-state index contributed by atoms with van der Waals surface area (Å²) in [5, 5.41) is 5.02. The van der Waals surface area contributed by atoms with Gasteiger partial charge in [0.1, 0.15) is 18.2 Å². The molecular formula is C15H28N2O5. The maximum atomic E-state index is 12.2. The highest BCUT2D eigenvalue weighted by Gasteiger charge is 2.28. The minimum absolute atomic E-state index is 0.102. The number of nitrogens with one attached hydrogen (secondary N) is 2. The molecular weight excluding hydrogens is 288 g/mol. The number of hydrogen-bond donors (Lipinski definition) is 2. The van der Waals surface area contributed by atoms with Gasteiger partial charge in [0.25, 0.3) is 0 Å². The molecule has 0 aromatic carbocycles. The molecule has 0 aromatic heterocycles. The Hall–Kier alpha value is -1.79. The molecule has 0 aliphatic heterocycles. The standard InChI is InChI=1S/C15H28N2O5/c1-7-10(3)12(17-14(20)22-15(4,5)6)13(19)16-9-11(18)21-8-2/h10,12H,7-9H2,1-6H3,(H,16,19)(H,17,20)/t10?,12-/m0/s1. The van der Waals surface area contributed by atoms with Crippen LogP contribution in [0.15, 0.2) is 0 Å². The zero-order chi connectivity index (χ0) is 17.3. The first kappa shape index (κ1) is 20.2. The van der Waals surface area contributed by atoms with Crippen LogP contribution >= 0.6 is 0 Å². The van der Waals surface area contributed by atoms with Gasteiger partial charge < -0.3 is 20.1 Å². The molecule has 0 rings (SSSR count). The number of ether oxygens (including phenoxy) is 2. The second-order valence-electron chi connectivity index (χ2n) is 6.03. The number of rotatable bonds is 7. The summed E-state index contributed by atoms with van der Waals surface area (Å²) in [6.07, 6.45) is 0.0249. The summed E-state index contributed by atoms with van der Waals surface area (Å²) in [7, 11) is 0. The average molecular weight is 316 g/mol. The van der Waals surface area contributed by atoms with E-state index in [2.05, 4.69) is 10.6 Å². The van der Waals surface area contributed by atoms with Crippen LogP contribution in [-0.4, -0.2) is 42.8 Å². The molecule has 0 spiro atoms. The van der Waals surface area contributed by atoms with Crippen molar-refractivity contribution in [2.75, 3.05) is 13.2 Å². The molecule has 2 N–H and O–H groups in total. The van der Waals surface area contributed by atoms with Gasteiger partial charge in [-0.05, 0) is 33.6 Å². The van der Waals surface area contributed by atoms with E-state index in [0.717, 1.165) is 0 Å². The van der Waals surface area contributed by atoms with Gasteiger partial charge in [0, 0.05) is 0 Å². The van der Waals surface area contributed by atoms with Gasteiger partial charge in [-0.15, -0.1) is 0 Å². The zero-order valence-corrected chi connectivity index (χ0v) is 14.3. The van der Waals surface area contributed by atoms with Crippen molar-refractivity contribution in [2.24, 2.45) is 5.92 Å². The molecule has 2 amide bonds. The summed E-state index contributed by atoms with van der Waals surface area (Å²) in [6, 6.07) is -0.769. The van der Waals surface area contributed by atoms with Gasteiger partial charge in [-0.1, -0.05) is 20.3 Å². The summed E-state index contributed by atoms with van der Waals surface area (Å²) in [6.45, 7) is 10.7. The van der Waals surface area contributed by atoms with E-state index in [-0.39, 0.29) is 19.1 Å². The topological polar surface area (TPSA) is 93.7 Å². The predicted molar refractivity (Wildman–Crippen MR) is 82.3 cm³/mol. The Bertz CT molecular complexity index is 390. The van der Waals surface area contributed by atoms with Crippen LogP contribution in [0.25, 0.3) is 0 Å². The Morgan fingerprint density at radius 3 is 2.18 bits per heavy atom. The minimum Gasteiger partial charge on any atom is -0.465 e. The molecule has 22 heavy (non-hydrogen) atoms. The van der Waals surface area contributed by atoms with Crippen molar-refractivity contribution in [3.63, 3.8) is 0 Å². The van der Waals surface area contributed by atoms with Crippen LogP contribution < -0.4 is 10.6 Å². The molecule has 0 aliphatic rings. The van der Waals surface area contributed by atoms with Crippen molar-refractivity contribution in [1.29, 1.82) is 0 Å². The molecule has 0 bridgehead atoms. The van der Waals surface area contributed by atoms with Crippen LogP contribution in [-0.2, 0) is 19.1 Å². The Morgan fingerprint density at radius 1 is 1.14 bits per heavy atom. The van der Waals surface area contributed by atoms with E-state index in [4.69, 9.17) is 9.47 Å². The number of alkyl carbamates (subject to hydrolysis) is 1. The Kier molecular flexibility index (Phi) is 8.52. The second kappa shape index (κ2) is 9.27. The van der Waals surface area contributed by atoms with Gasteiger partial charge in [0.2, 0.25) is 5.91 Å². The molecule has 0 heterocycles. The first-order valence-electron chi connectivity index (χ1n) is 7.53. The van der Waals surface area contributed by atoms with Gasteiger partial charge in [-0.3, -0.25) is 9.59 Å². The lowest BCUT2D eigenvalue weighted by atomic mass is 9.98. The maximum absolute atomic E-state index is 12.2. The monoisotopic (exact) mass is 316 g/mol. The van der Waals surface area contributed by atoms with Crippen molar-refractivity contribution in [1.82, 2.24) is 10.6 Å². The molecule has 0 saturated heterocycles. The predicted octanol–water partition coefficient (Wildman–Crippen LogP) is 1.61. The van der Waals surface area contributed by atoms with Gasteiger partial charge in [0.05, 0.1) is 6.61 Å². The number of carbonyl (C=O) groups excluding carboxylic acids is 3. The number of esters is 1. The molecule has 7 nitrogen and oxygen atoms in total. The molecule has 0 aliphatic carbocycles. The summed E-state index contributed by atoms with van der Waals surface area (Å²) >= 11 is 0. The van der Waals surface area contributed by atoms with Gasteiger partial charge in [0.15, 0.2) is 0 Å². The number of amides is 2. The lowest BCUT2D eigenvalue weighted by Gasteiger charge is -2.26. The average Bonchev–Trinajstić information content (AvgIpc) is 2.39. The summed E-state index contributed by atoms with van der Waals surface area (Å²) in [5.74, 6) is -1.06. The van der Waals surface area contributed by atoms with Gasteiger partial charge >= 0.3 is 12.1 Å². The number of hydrogen-bond acceptors (Lipinski definition) is 5. The van der Waals surface area contributed by atoms with E-state index >= 15 is 0 Å². The first-order valence-corrected chi connectivity index (χ1v) is 7.53. The van der Waals surface area contributed by atoms with E-state index in [1.807, 2.05) is 13.8 Å². The lowest BCUT2D eigenvalue weighted by molar-refractivity contribution is -0.143. The molecule has 0 fully saturated rings. The fraction of sp³-hybridized carbons (Fsp3) is 0.800. The third-order valence-electron chi connectivity index (χ3n) is 2.88. The first-order chi connectivity index (χ1) is 10.1. The Labute approximate surface area is 132 Å². The fourth-order valence-electron chi connectivity index (χ4n) is 1.62. The summed E-state index contributed by atoms with van der Waals surface area (Å²) < 4.78 is 9.90. The Morgan fingerprint density at radius 2 is 1.73 bits per heavy atom. The highest BCUT2D eigenvalue weighted by atomic mass is 16.6. The van der Waals surface area contributed by atoms with Crippen molar-refractivity contribution >= 4 is 18.0 Å². The van der Waals surface area contributed by atoms with Crippen molar-refractivity contribution in [3.05, 3.63) is 0 Å². The molecule has 0 radical (unpaired) electrons. The fourth-order valence-corrected chi connectivity index (χ4v) is 1.62. The van der Waals surface area contributed by atoms with Crippen LogP contribution in [0.1, 0.15) is 48.0 Å². The van der Waals surface area contributed by atoms with Crippen molar-refractivity contribution in [3.8, 4) is 0 Å². The third kappa shape index (κ3) is 8.49. The summed E-state index contributed by atoms with van der Waals surface area (Å²) in [4.78, 5) is 35.3. The van der Waals surface area contributed by atoms with Gasteiger partial charge in [-0.2, -0.15) is 0 Å². The highest BCUT2D eigenvalue weighted by Crippen LogP contribution is 2.11. The summed E-state index contributed by atoms with van der Waals surface area (Å²) in [5.41, 5.74) is -0.647. The second-order valence-corrected chi connectivity index (χ2v) is 6.03. The maximum Gasteiger partial charge on any atom is 0.408 e. The van der Waals surface area contributed by atoms with Crippen molar-refractivity contribution in [2.45, 2.75) is 59.6 Å². The van der Waals surface area contributed by atoms with Crippen LogP contribution in [0, 0.1) is 5.92 Å². The Balaban J connectivity index is 4.66. The third-order valence-corrected chi connectivity index (χ3v) is 2.88. The van der Waals surface area contributed by atoms with E-state index in [0.29, 0.717) is 6.42 Å². The smallest absolute Gasteiger partial charge is 0.408 e. The van der Waals surface area contributed by atoms with Crippen LogP contribution in [0.4, 0.5) is 4.79 Å².